The van der Waals surface area contributed by atoms with Crippen LogP contribution in [0.4, 0.5) is 16.2 Å². The summed E-state index contributed by atoms with van der Waals surface area (Å²) < 4.78 is 35.6. The lowest BCUT2D eigenvalue weighted by atomic mass is 9.63. The number of nitrogens with zero attached hydrogens (tertiary/aromatic N) is 1. The van der Waals surface area contributed by atoms with Crippen molar-refractivity contribution in [1.82, 2.24) is 0 Å². The minimum atomic E-state index is -4.29. The van der Waals surface area contributed by atoms with Gasteiger partial charge in [-0.1, -0.05) is 38.1 Å². The molecular formula is C28H33N3O6S. The lowest BCUT2D eigenvalue weighted by Gasteiger charge is -2.39. The molecule has 10 heteroatoms. The van der Waals surface area contributed by atoms with E-state index in [9.17, 15) is 22.8 Å². The predicted molar refractivity (Wildman–Crippen MR) is 145 cm³/mol. The monoisotopic (exact) mass is 539 g/mol. The zero-order valence-electron chi connectivity index (χ0n) is 22.4. The molecule has 2 unspecified atom stereocenters. The van der Waals surface area contributed by atoms with Crippen LogP contribution in [0, 0.1) is 11.8 Å². The van der Waals surface area contributed by atoms with E-state index >= 15 is 0 Å². The molecule has 0 saturated heterocycles. The second kappa shape index (κ2) is 9.65. The number of ether oxygens (including phenoxy) is 1. The number of Topliss-reactive ketones (excluding diaryl/α,β-unsaturated/α-hetero) is 2. The SMILES string of the molecule is CC(C)CCC1(C)C(=O)C(C2=NS(=O)(=O)c3cc(NC(=O)OC(C)(C)C)ccc3N2)C(=O)c2ccccc21. The van der Waals surface area contributed by atoms with Gasteiger partial charge >= 0.3 is 6.09 Å². The quantitative estimate of drug-likeness (QED) is 0.492. The van der Waals surface area contributed by atoms with Crippen molar-refractivity contribution in [3.05, 3.63) is 53.6 Å². The summed E-state index contributed by atoms with van der Waals surface area (Å²) in [6, 6.07) is 11.2. The molecule has 2 aromatic carbocycles. The molecule has 0 saturated carbocycles. The maximum atomic E-state index is 13.9. The molecule has 0 radical (unpaired) electrons. The summed E-state index contributed by atoms with van der Waals surface area (Å²) >= 11 is 0. The van der Waals surface area contributed by atoms with Crippen LogP contribution in [0.25, 0.3) is 0 Å². The summed E-state index contributed by atoms with van der Waals surface area (Å²) in [7, 11) is -4.29. The molecule has 1 heterocycles. The molecule has 1 amide bonds. The van der Waals surface area contributed by atoms with Gasteiger partial charge < -0.3 is 10.1 Å². The van der Waals surface area contributed by atoms with Gasteiger partial charge in [-0.3, -0.25) is 14.9 Å². The van der Waals surface area contributed by atoms with Crippen molar-refractivity contribution in [1.29, 1.82) is 0 Å². The zero-order valence-corrected chi connectivity index (χ0v) is 23.2. The molecule has 1 aliphatic heterocycles. The van der Waals surface area contributed by atoms with E-state index in [2.05, 4.69) is 28.9 Å². The van der Waals surface area contributed by atoms with Gasteiger partial charge in [-0.25, -0.2) is 4.79 Å². The number of ketones is 2. The van der Waals surface area contributed by atoms with Crippen LogP contribution < -0.4 is 10.6 Å². The second-order valence-corrected chi connectivity index (χ2v) is 13.0. The lowest BCUT2D eigenvalue weighted by molar-refractivity contribution is -0.125. The molecule has 0 spiro atoms. The maximum Gasteiger partial charge on any atom is 0.412 e. The Morgan fingerprint density at radius 1 is 1.16 bits per heavy atom. The van der Waals surface area contributed by atoms with E-state index < -0.39 is 38.8 Å². The van der Waals surface area contributed by atoms with Gasteiger partial charge in [0, 0.05) is 11.3 Å². The van der Waals surface area contributed by atoms with E-state index in [1.807, 2.05) is 6.92 Å². The third kappa shape index (κ3) is 5.22. The molecule has 2 aliphatic rings. The Balaban J connectivity index is 1.71. The fraction of sp³-hybridized carbons (Fsp3) is 0.429. The zero-order chi connectivity index (χ0) is 28.0. The lowest BCUT2D eigenvalue weighted by Crippen LogP contribution is -2.51. The topological polar surface area (TPSA) is 131 Å². The van der Waals surface area contributed by atoms with Crippen molar-refractivity contribution >= 4 is 44.9 Å². The number of hydrogen-bond acceptors (Lipinski definition) is 7. The number of benzene rings is 2. The molecule has 2 N–H and O–H groups in total. The molecule has 0 fully saturated rings. The first-order chi connectivity index (χ1) is 17.6. The van der Waals surface area contributed by atoms with Gasteiger partial charge in [0.1, 0.15) is 22.3 Å². The number of nitrogens with one attached hydrogen (secondary N) is 2. The summed E-state index contributed by atoms with van der Waals surface area (Å²) in [6.45, 7) is 11.1. The summed E-state index contributed by atoms with van der Waals surface area (Å²) in [6.07, 6.45) is 0.535. The fourth-order valence-electron chi connectivity index (χ4n) is 4.79. The van der Waals surface area contributed by atoms with Crippen molar-refractivity contribution in [3.63, 3.8) is 0 Å². The summed E-state index contributed by atoms with van der Waals surface area (Å²) in [5.74, 6) is -2.13. The highest BCUT2D eigenvalue weighted by Crippen LogP contribution is 2.43. The Hall–Kier alpha value is -3.53. The summed E-state index contributed by atoms with van der Waals surface area (Å²) in [5.41, 5.74) is -0.297. The number of rotatable bonds is 5. The standard InChI is InChI=1S/C28H33N3O6S/c1-16(2)13-14-28(6)19-10-8-7-9-18(19)23(32)22(24(28)33)25-30-20-12-11-17(15-21(20)38(35,36)31-25)29-26(34)37-27(3,4)5/h7-12,15-16,22H,13-14H2,1-6H3,(H,29,34)(H,30,31). The fourth-order valence-corrected chi connectivity index (χ4v) is 5.97. The minimum Gasteiger partial charge on any atom is -0.444 e. The molecule has 4 rings (SSSR count). The third-order valence-electron chi connectivity index (χ3n) is 6.74. The Morgan fingerprint density at radius 2 is 1.84 bits per heavy atom. The van der Waals surface area contributed by atoms with Crippen LogP contribution in [-0.2, 0) is 25.0 Å². The first-order valence-corrected chi connectivity index (χ1v) is 14.0. The van der Waals surface area contributed by atoms with Crippen LogP contribution in [0.15, 0.2) is 51.8 Å². The van der Waals surface area contributed by atoms with E-state index in [4.69, 9.17) is 4.74 Å². The van der Waals surface area contributed by atoms with Crippen molar-refractivity contribution in [2.24, 2.45) is 16.2 Å². The highest BCUT2D eigenvalue weighted by atomic mass is 32.2. The number of anilines is 2. The van der Waals surface area contributed by atoms with Gasteiger partial charge in [0.15, 0.2) is 11.6 Å². The van der Waals surface area contributed by atoms with Crippen LogP contribution in [-0.4, -0.2) is 37.5 Å². The number of amidine groups is 1. The highest BCUT2D eigenvalue weighted by molar-refractivity contribution is 7.90. The van der Waals surface area contributed by atoms with Crippen LogP contribution in [0.3, 0.4) is 0 Å². The maximum absolute atomic E-state index is 13.9. The molecule has 0 bridgehead atoms. The van der Waals surface area contributed by atoms with Crippen LogP contribution in [0.1, 0.15) is 70.3 Å². The Bertz CT molecular complexity index is 1460. The molecule has 2 atom stereocenters. The van der Waals surface area contributed by atoms with Crippen molar-refractivity contribution in [2.75, 3.05) is 10.6 Å². The van der Waals surface area contributed by atoms with Gasteiger partial charge in [-0.15, -0.1) is 4.40 Å². The summed E-state index contributed by atoms with van der Waals surface area (Å²) in [4.78, 5) is 39.5. The van der Waals surface area contributed by atoms with E-state index in [1.54, 1.807) is 45.0 Å². The van der Waals surface area contributed by atoms with Crippen LogP contribution >= 0.6 is 0 Å². The summed E-state index contributed by atoms with van der Waals surface area (Å²) in [5, 5.41) is 5.43. The molecule has 9 nitrogen and oxygen atoms in total. The van der Waals surface area contributed by atoms with E-state index in [-0.39, 0.29) is 27.9 Å². The van der Waals surface area contributed by atoms with Gasteiger partial charge in [-0.05, 0) is 70.2 Å². The van der Waals surface area contributed by atoms with Crippen molar-refractivity contribution in [2.45, 2.75) is 70.3 Å². The van der Waals surface area contributed by atoms with Gasteiger partial charge in [-0.2, -0.15) is 8.42 Å². The predicted octanol–water partition coefficient (Wildman–Crippen LogP) is 5.32. The number of hydrogen-bond donors (Lipinski definition) is 2. The molecular weight excluding hydrogens is 506 g/mol. The van der Waals surface area contributed by atoms with Gasteiger partial charge in [0.05, 0.1) is 11.1 Å². The smallest absolute Gasteiger partial charge is 0.412 e. The number of sulfonamides is 1. The van der Waals surface area contributed by atoms with Gasteiger partial charge in [0.2, 0.25) is 0 Å². The molecule has 2 aromatic rings. The first-order valence-electron chi connectivity index (χ1n) is 12.6. The second-order valence-electron chi connectivity index (χ2n) is 11.4. The first kappa shape index (κ1) is 27.5. The van der Waals surface area contributed by atoms with Crippen LogP contribution in [0.5, 0.6) is 0 Å². The molecule has 1 aliphatic carbocycles. The van der Waals surface area contributed by atoms with E-state index in [0.29, 0.717) is 23.5 Å². The highest BCUT2D eigenvalue weighted by Gasteiger charge is 2.51. The average Bonchev–Trinajstić information content (AvgIpc) is 2.80. The number of carbonyl (C=O) groups is 3. The normalized spacial score (nSPS) is 22.2. The average molecular weight is 540 g/mol. The van der Waals surface area contributed by atoms with Crippen molar-refractivity contribution in [3.8, 4) is 0 Å². The Morgan fingerprint density at radius 3 is 2.50 bits per heavy atom. The molecule has 38 heavy (non-hydrogen) atoms. The van der Waals surface area contributed by atoms with Crippen LogP contribution in [0.2, 0.25) is 0 Å². The largest absolute Gasteiger partial charge is 0.444 e. The molecule has 0 aromatic heterocycles. The number of amides is 1. The van der Waals surface area contributed by atoms with Crippen molar-refractivity contribution < 1.29 is 27.5 Å². The third-order valence-corrected chi connectivity index (χ3v) is 8.07. The Labute approximate surface area is 223 Å². The van der Waals surface area contributed by atoms with E-state index in [1.165, 1.54) is 18.2 Å². The van der Waals surface area contributed by atoms with Gasteiger partial charge in [0.25, 0.3) is 10.0 Å². The number of carbonyl (C=O) groups excluding carboxylic acids is 3. The minimum absolute atomic E-state index is 0.160. The number of fused-ring (bicyclic) bond motifs is 2. The van der Waals surface area contributed by atoms with E-state index in [0.717, 1.165) is 6.42 Å². The molecule has 202 valence electrons. The Kier molecular flexibility index (Phi) is 6.98.